The Kier molecular flexibility index (Phi) is 4.24. The Bertz CT molecular complexity index is 712. The molecule has 0 atom stereocenters. The van der Waals surface area contributed by atoms with Crippen molar-refractivity contribution in [3.8, 4) is 5.75 Å². The monoisotopic (exact) mass is 297 g/mol. The summed E-state index contributed by atoms with van der Waals surface area (Å²) in [4.78, 5) is 4.08. The third kappa shape index (κ3) is 3.78. The van der Waals surface area contributed by atoms with E-state index < -0.39 is 0 Å². The minimum Gasteiger partial charge on any atom is -0.485 e. The lowest BCUT2D eigenvalue weighted by molar-refractivity contribution is 0.285. The van der Waals surface area contributed by atoms with Crippen LogP contribution in [-0.2, 0) is 13.2 Å². The Morgan fingerprint density at radius 2 is 2.05 bits per heavy atom. The van der Waals surface area contributed by atoms with Gasteiger partial charge in [-0.2, -0.15) is 10.1 Å². The molecule has 0 radical (unpaired) electrons. The Morgan fingerprint density at radius 3 is 2.73 bits per heavy atom. The summed E-state index contributed by atoms with van der Waals surface area (Å²) in [6, 6.07) is 11.5. The molecular weight excluding hydrogens is 282 g/mol. The second-order valence-corrected chi connectivity index (χ2v) is 4.62. The highest BCUT2D eigenvalue weighted by Gasteiger charge is 2.03. The van der Waals surface area contributed by atoms with Crippen molar-refractivity contribution in [2.45, 2.75) is 20.1 Å². The Hall–Kier alpha value is -2.96. The summed E-state index contributed by atoms with van der Waals surface area (Å²) in [6.45, 7) is 2.70. The average Bonchev–Trinajstić information content (AvgIpc) is 2.98. The first kappa shape index (κ1) is 14.0. The van der Waals surface area contributed by atoms with Gasteiger partial charge < -0.3 is 14.6 Å². The maximum absolute atomic E-state index is 5.60. The molecule has 3 rings (SSSR count). The van der Waals surface area contributed by atoms with E-state index in [2.05, 4.69) is 25.7 Å². The number of aryl methyl sites for hydroxylation is 1. The van der Waals surface area contributed by atoms with E-state index in [0.717, 1.165) is 17.1 Å². The van der Waals surface area contributed by atoms with Crippen molar-refractivity contribution in [3.05, 3.63) is 59.9 Å². The standard InChI is InChI=1S/C15H15N5O2/c1-11-18-15(20-22-11)10-21-13-6-4-12(5-7-13)9-16-14-3-2-8-17-19-14/h2-8H,9-10H2,1H3,(H,16,19). The molecule has 0 saturated heterocycles. The third-order valence-corrected chi connectivity index (χ3v) is 2.91. The number of nitrogens with one attached hydrogen (secondary N) is 1. The van der Waals surface area contributed by atoms with Crippen LogP contribution in [0.2, 0.25) is 0 Å². The van der Waals surface area contributed by atoms with E-state index in [1.807, 2.05) is 36.4 Å². The van der Waals surface area contributed by atoms with E-state index >= 15 is 0 Å². The number of anilines is 1. The van der Waals surface area contributed by atoms with E-state index in [9.17, 15) is 0 Å². The van der Waals surface area contributed by atoms with E-state index in [-0.39, 0.29) is 6.61 Å². The molecule has 0 amide bonds. The van der Waals surface area contributed by atoms with Gasteiger partial charge in [0.2, 0.25) is 11.7 Å². The van der Waals surface area contributed by atoms with Crippen LogP contribution < -0.4 is 10.1 Å². The van der Waals surface area contributed by atoms with Crippen LogP contribution in [0.3, 0.4) is 0 Å². The quantitative estimate of drug-likeness (QED) is 0.747. The molecule has 0 aliphatic rings. The van der Waals surface area contributed by atoms with Crippen molar-refractivity contribution < 1.29 is 9.26 Å². The summed E-state index contributed by atoms with van der Waals surface area (Å²) in [5, 5.41) is 14.8. The second kappa shape index (κ2) is 6.66. The number of aromatic nitrogens is 4. The molecule has 2 heterocycles. The fourth-order valence-corrected chi connectivity index (χ4v) is 1.84. The molecule has 1 aromatic carbocycles. The van der Waals surface area contributed by atoms with Gasteiger partial charge in [-0.1, -0.05) is 17.3 Å². The molecule has 3 aromatic rings. The third-order valence-electron chi connectivity index (χ3n) is 2.91. The second-order valence-electron chi connectivity index (χ2n) is 4.62. The van der Waals surface area contributed by atoms with Gasteiger partial charge >= 0.3 is 0 Å². The minimum absolute atomic E-state index is 0.286. The number of hydrogen-bond donors (Lipinski definition) is 1. The van der Waals surface area contributed by atoms with Gasteiger partial charge in [0, 0.05) is 19.7 Å². The maximum atomic E-state index is 5.60. The number of rotatable bonds is 6. The van der Waals surface area contributed by atoms with Crippen LogP contribution in [0.15, 0.2) is 47.1 Å². The Labute approximate surface area is 127 Å². The minimum atomic E-state index is 0.286. The Morgan fingerprint density at radius 1 is 1.18 bits per heavy atom. The number of benzene rings is 1. The SMILES string of the molecule is Cc1nc(COc2ccc(CNc3cccnn3)cc2)no1. The molecule has 0 fully saturated rings. The molecule has 2 aromatic heterocycles. The van der Waals surface area contributed by atoms with Gasteiger partial charge in [-0.15, -0.1) is 5.10 Å². The van der Waals surface area contributed by atoms with Crippen molar-refractivity contribution in [3.63, 3.8) is 0 Å². The van der Waals surface area contributed by atoms with Crippen molar-refractivity contribution in [2.75, 3.05) is 5.32 Å². The van der Waals surface area contributed by atoms with E-state index in [4.69, 9.17) is 9.26 Å². The highest BCUT2D eigenvalue weighted by Crippen LogP contribution is 2.14. The summed E-state index contributed by atoms with van der Waals surface area (Å²) in [5.74, 6) is 2.57. The van der Waals surface area contributed by atoms with E-state index in [1.165, 1.54) is 0 Å². The zero-order valence-corrected chi connectivity index (χ0v) is 12.1. The van der Waals surface area contributed by atoms with Crippen molar-refractivity contribution in [1.82, 2.24) is 20.3 Å². The molecule has 1 N–H and O–H groups in total. The summed E-state index contributed by atoms with van der Waals surface area (Å²) >= 11 is 0. The smallest absolute Gasteiger partial charge is 0.223 e. The maximum Gasteiger partial charge on any atom is 0.223 e. The average molecular weight is 297 g/mol. The van der Waals surface area contributed by atoms with Crippen LogP contribution >= 0.6 is 0 Å². The van der Waals surface area contributed by atoms with Gasteiger partial charge in [-0.05, 0) is 29.8 Å². The fraction of sp³-hybridized carbons (Fsp3) is 0.200. The predicted octanol–water partition coefficient (Wildman–Crippen LogP) is 2.36. The highest BCUT2D eigenvalue weighted by molar-refractivity contribution is 5.34. The number of hydrogen-bond acceptors (Lipinski definition) is 7. The fourth-order valence-electron chi connectivity index (χ4n) is 1.84. The molecule has 0 aliphatic carbocycles. The van der Waals surface area contributed by atoms with Gasteiger partial charge in [0.15, 0.2) is 6.61 Å². The largest absolute Gasteiger partial charge is 0.485 e. The van der Waals surface area contributed by atoms with Crippen molar-refractivity contribution >= 4 is 5.82 Å². The first-order chi connectivity index (χ1) is 10.8. The predicted molar refractivity (Wildman–Crippen MR) is 79.2 cm³/mol. The molecule has 22 heavy (non-hydrogen) atoms. The molecule has 0 saturated carbocycles. The Balaban J connectivity index is 1.51. The van der Waals surface area contributed by atoms with Gasteiger partial charge in [-0.3, -0.25) is 0 Å². The van der Waals surface area contributed by atoms with Gasteiger partial charge in [0.05, 0.1) is 0 Å². The lowest BCUT2D eigenvalue weighted by Gasteiger charge is -2.07. The molecule has 0 bridgehead atoms. The summed E-state index contributed by atoms with van der Waals surface area (Å²) in [7, 11) is 0. The molecule has 0 unspecified atom stereocenters. The van der Waals surface area contributed by atoms with Crippen LogP contribution in [0, 0.1) is 6.92 Å². The molecule has 7 nitrogen and oxygen atoms in total. The highest BCUT2D eigenvalue weighted by atomic mass is 16.5. The van der Waals surface area contributed by atoms with Crippen molar-refractivity contribution in [2.24, 2.45) is 0 Å². The van der Waals surface area contributed by atoms with E-state index in [0.29, 0.717) is 18.3 Å². The number of nitrogens with zero attached hydrogens (tertiary/aromatic N) is 4. The topological polar surface area (TPSA) is 86.0 Å². The molecule has 112 valence electrons. The van der Waals surface area contributed by atoms with E-state index in [1.54, 1.807) is 13.1 Å². The van der Waals surface area contributed by atoms with Crippen molar-refractivity contribution in [1.29, 1.82) is 0 Å². The zero-order valence-electron chi connectivity index (χ0n) is 12.1. The van der Waals surface area contributed by atoms with Crippen LogP contribution in [0.25, 0.3) is 0 Å². The lowest BCUT2D eigenvalue weighted by Crippen LogP contribution is -2.02. The number of ether oxygens (including phenoxy) is 1. The van der Waals surface area contributed by atoms with Crippen LogP contribution in [0.1, 0.15) is 17.3 Å². The normalized spacial score (nSPS) is 10.4. The summed E-state index contributed by atoms with van der Waals surface area (Å²) in [5.41, 5.74) is 1.12. The van der Waals surface area contributed by atoms with Crippen LogP contribution in [0.5, 0.6) is 5.75 Å². The molecule has 0 aliphatic heterocycles. The van der Waals surface area contributed by atoms with Crippen LogP contribution in [-0.4, -0.2) is 20.3 Å². The molecular formula is C15H15N5O2. The molecule has 0 spiro atoms. The first-order valence-corrected chi connectivity index (χ1v) is 6.82. The molecule has 7 heteroatoms. The van der Waals surface area contributed by atoms with Gasteiger partial charge in [0.25, 0.3) is 0 Å². The summed E-state index contributed by atoms with van der Waals surface area (Å²) < 4.78 is 10.5. The van der Waals surface area contributed by atoms with Gasteiger partial charge in [0.1, 0.15) is 11.6 Å². The zero-order chi connectivity index (χ0) is 15.2. The van der Waals surface area contributed by atoms with Crippen LogP contribution in [0.4, 0.5) is 5.82 Å². The lowest BCUT2D eigenvalue weighted by atomic mass is 10.2. The first-order valence-electron chi connectivity index (χ1n) is 6.82. The summed E-state index contributed by atoms with van der Waals surface area (Å²) in [6.07, 6.45) is 1.64. The van der Waals surface area contributed by atoms with Gasteiger partial charge in [-0.25, -0.2) is 0 Å².